The molecule has 0 aliphatic carbocycles. The van der Waals surface area contributed by atoms with Gasteiger partial charge in [-0.05, 0) is 29.3 Å². The van der Waals surface area contributed by atoms with E-state index in [-0.39, 0.29) is 30.7 Å². The fourth-order valence-corrected chi connectivity index (χ4v) is 3.96. The maximum Gasteiger partial charge on any atom is 0.262 e. The van der Waals surface area contributed by atoms with Crippen molar-refractivity contribution in [3.63, 3.8) is 0 Å². The second kappa shape index (κ2) is 8.02. The van der Waals surface area contributed by atoms with E-state index in [2.05, 4.69) is 5.32 Å². The molecule has 0 unspecified atom stereocenters. The van der Waals surface area contributed by atoms with Crippen molar-refractivity contribution in [1.29, 1.82) is 0 Å². The van der Waals surface area contributed by atoms with E-state index in [1.807, 2.05) is 36.4 Å². The predicted octanol–water partition coefficient (Wildman–Crippen LogP) is 2.49. The molecule has 0 fully saturated rings. The first-order chi connectivity index (χ1) is 14.5. The van der Waals surface area contributed by atoms with Crippen LogP contribution < -0.4 is 15.0 Å². The molecule has 4 rings (SSSR count). The molecule has 0 bridgehead atoms. The zero-order chi connectivity index (χ0) is 21.3. The maximum absolute atomic E-state index is 13.4. The van der Waals surface area contributed by atoms with Crippen molar-refractivity contribution in [2.45, 2.75) is 25.5 Å². The molecule has 0 spiro atoms. The summed E-state index contributed by atoms with van der Waals surface area (Å²) in [6.45, 7) is 1.60. The fraction of sp³-hybridized carbons (Fsp3) is 0.261. The van der Waals surface area contributed by atoms with Gasteiger partial charge >= 0.3 is 0 Å². The number of nitrogens with zero attached hydrogens (tertiary/aromatic N) is 2. The number of likely N-dealkylation sites (N-methyl/N-ethyl adjacent to an activating group) is 1. The number of carbonyl (C=O) groups excluding carboxylic acids is 3. The lowest BCUT2D eigenvalue weighted by molar-refractivity contribution is -0.129. The minimum atomic E-state index is -0.795. The molecule has 3 amide bonds. The molecule has 2 heterocycles. The van der Waals surface area contributed by atoms with Gasteiger partial charge in [-0.2, -0.15) is 0 Å². The second-order valence-electron chi connectivity index (χ2n) is 7.28. The minimum absolute atomic E-state index is 0.0930. The molecule has 1 N–H and O–H groups in total. The van der Waals surface area contributed by atoms with Gasteiger partial charge in [0.25, 0.3) is 5.91 Å². The van der Waals surface area contributed by atoms with E-state index in [0.29, 0.717) is 11.4 Å². The molecular weight excluding hydrogens is 382 g/mol. The average Bonchev–Trinajstić information content (AvgIpc) is 2.77. The van der Waals surface area contributed by atoms with Gasteiger partial charge in [0.05, 0.1) is 24.7 Å². The summed E-state index contributed by atoms with van der Waals surface area (Å²) in [6, 6.07) is 14.5. The molecular formula is C23H23N3O4. The molecule has 30 heavy (non-hydrogen) atoms. The highest BCUT2D eigenvalue weighted by molar-refractivity contribution is 5.98. The van der Waals surface area contributed by atoms with Gasteiger partial charge in [-0.25, -0.2) is 0 Å². The van der Waals surface area contributed by atoms with Gasteiger partial charge in [0.2, 0.25) is 11.8 Å². The lowest BCUT2D eigenvalue weighted by Crippen LogP contribution is -2.50. The first-order valence-corrected chi connectivity index (χ1v) is 9.83. The van der Waals surface area contributed by atoms with Crippen molar-refractivity contribution >= 4 is 29.5 Å². The first-order valence-electron chi connectivity index (χ1n) is 9.83. The Morgan fingerprint density at radius 1 is 1.10 bits per heavy atom. The zero-order valence-electron chi connectivity index (χ0n) is 16.9. The molecule has 154 valence electrons. The molecule has 7 nitrogen and oxygen atoms in total. The summed E-state index contributed by atoms with van der Waals surface area (Å²) < 4.78 is 5.79. The number of carbonyl (C=O) groups is 3. The largest absolute Gasteiger partial charge is 0.477 e. The van der Waals surface area contributed by atoms with Crippen LogP contribution in [0.5, 0.6) is 5.75 Å². The van der Waals surface area contributed by atoms with Gasteiger partial charge in [0.1, 0.15) is 5.75 Å². The van der Waals surface area contributed by atoms with Crippen molar-refractivity contribution in [1.82, 2.24) is 10.2 Å². The maximum atomic E-state index is 13.4. The molecule has 0 saturated heterocycles. The van der Waals surface area contributed by atoms with E-state index in [0.717, 1.165) is 11.1 Å². The zero-order valence-corrected chi connectivity index (χ0v) is 16.9. The van der Waals surface area contributed by atoms with Crippen molar-refractivity contribution in [2.75, 3.05) is 18.5 Å². The number of hydrogen-bond acceptors (Lipinski definition) is 4. The Labute approximate surface area is 174 Å². The highest BCUT2D eigenvalue weighted by Crippen LogP contribution is 2.37. The summed E-state index contributed by atoms with van der Waals surface area (Å²) in [5.74, 6) is -0.123. The van der Waals surface area contributed by atoms with Crippen LogP contribution >= 0.6 is 0 Å². The van der Waals surface area contributed by atoms with Crippen LogP contribution in [0.2, 0.25) is 0 Å². The normalized spacial score (nSPS) is 19.4. The number of rotatable bonds is 3. The van der Waals surface area contributed by atoms with Crippen LogP contribution in [0.3, 0.4) is 0 Å². The number of fused-ring (bicyclic) bond motifs is 2. The van der Waals surface area contributed by atoms with Crippen LogP contribution in [0.15, 0.2) is 54.7 Å². The van der Waals surface area contributed by atoms with E-state index in [1.165, 1.54) is 14.0 Å². The van der Waals surface area contributed by atoms with Crippen LogP contribution in [-0.4, -0.2) is 42.3 Å². The van der Waals surface area contributed by atoms with Gasteiger partial charge in [-0.1, -0.05) is 36.4 Å². The predicted molar refractivity (Wildman–Crippen MR) is 113 cm³/mol. The number of nitrogens with one attached hydrogen (secondary N) is 1. The van der Waals surface area contributed by atoms with E-state index < -0.39 is 12.1 Å². The van der Waals surface area contributed by atoms with Crippen LogP contribution in [0.1, 0.15) is 30.5 Å². The third-order valence-corrected chi connectivity index (χ3v) is 5.45. The lowest BCUT2D eigenvalue weighted by Gasteiger charge is -2.37. The molecule has 0 aromatic heterocycles. The minimum Gasteiger partial charge on any atom is -0.477 e. The van der Waals surface area contributed by atoms with Gasteiger partial charge < -0.3 is 19.9 Å². The molecule has 2 atom stereocenters. The number of benzene rings is 2. The van der Waals surface area contributed by atoms with Crippen LogP contribution in [-0.2, 0) is 14.4 Å². The van der Waals surface area contributed by atoms with Gasteiger partial charge in [0.15, 0.2) is 6.10 Å². The third-order valence-electron chi connectivity index (χ3n) is 5.45. The van der Waals surface area contributed by atoms with Crippen LogP contribution in [0.25, 0.3) is 6.08 Å². The van der Waals surface area contributed by atoms with E-state index in [1.54, 1.807) is 34.2 Å². The number of hydrogen-bond donors (Lipinski definition) is 1. The topological polar surface area (TPSA) is 79.0 Å². The smallest absolute Gasteiger partial charge is 0.262 e. The molecule has 7 heteroatoms. The van der Waals surface area contributed by atoms with Crippen LogP contribution in [0, 0.1) is 0 Å². The molecule has 2 aliphatic heterocycles. The highest BCUT2D eigenvalue weighted by atomic mass is 16.5. The highest BCUT2D eigenvalue weighted by Gasteiger charge is 2.36. The Bertz CT molecular complexity index is 1030. The van der Waals surface area contributed by atoms with Crippen molar-refractivity contribution in [3.05, 3.63) is 65.9 Å². The van der Waals surface area contributed by atoms with E-state index >= 15 is 0 Å². The van der Waals surface area contributed by atoms with Crippen molar-refractivity contribution in [3.8, 4) is 5.75 Å². The Morgan fingerprint density at radius 3 is 2.60 bits per heavy atom. The van der Waals surface area contributed by atoms with Crippen LogP contribution in [0.4, 0.5) is 5.69 Å². The summed E-state index contributed by atoms with van der Waals surface area (Å²) in [6.07, 6.45) is 2.90. The summed E-state index contributed by atoms with van der Waals surface area (Å²) in [5.41, 5.74) is 2.53. The quantitative estimate of drug-likeness (QED) is 0.851. The number of amides is 3. The fourth-order valence-electron chi connectivity index (χ4n) is 3.96. The molecule has 2 aliphatic rings. The lowest BCUT2D eigenvalue weighted by atomic mass is 9.93. The summed E-state index contributed by atoms with van der Waals surface area (Å²) >= 11 is 0. The number of para-hydroxylation sites is 2. The van der Waals surface area contributed by atoms with Gasteiger partial charge in [-0.3, -0.25) is 14.4 Å². The second-order valence-corrected chi connectivity index (χ2v) is 7.28. The third kappa shape index (κ3) is 3.54. The molecule has 0 saturated carbocycles. The Balaban J connectivity index is 1.66. The summed E-state index contributed by atoms with van der Waals surface area (Å²) in [4.78, 5) is 41.0. The molecule has 2 aromatic rings. The standard InChI is InChI=1S/C23H23N3O4/c1-15(27)25-12-11-16-7-3-4-8-17(16)19(25)13-22(28)26-14-21(23(29)24-2)30-20-10-6-5-9-18(20)26/h3-12,19,21H,13-14H2,1-2H3,(H,24,29)/t19-,21-/m0/s1. The number of ether oxygens (including phenoxy) is 1. The summed E-state index contributed by atoms with van der Waals surface area (Å²) in [7, 11) is 1.54. The van der Waals surface area contributed by atoms with Gasteiger partial charge in [-0.15, -0.1) is 0 Å². The summed E-state index contributed by atoms with van der Waals surface area (Å²) in [5, 5.41) is 2.58. The molecule has 2 aromatic carbocycles. The van der Waals surface area contributed by atoms with E-state index in [4.69, 9.17) is 4.74 Å². The molecule has 0 radical (unpaired) electrons. The number of anilines is 1. The monoisotopic (exact) mass is 405 g/mol. The van der Waals surface area contributed by atoms with Crippen molar-refractivity contribution in [2.24, 2.45) is 0 Å². The Morgan fingerprint density at radius 2 is 1.83 bits per heavy atom. The SMILES string of the molecule is CNC(=O)[C@@H]1CN(C(=O)C[C@H]2c3ccccc3C=CN2C(C)=O)c2ccccc2O1. The van der Waals surface area contributed by atoms with Gasteiger partial charge in [0, 0.05) is 20.2 Å². The Hall–Kier alpha value is -3.61. The van der Waals surface area contributed by atoms with Crippen molar-refractivity contribution < 1.29 is 19.1 Å². The average molecular weight is 405 g/mol. The Kier molecular flexibility index (Phi) is 5.27. The van der Waals surface area contributed by atoms with E-state index in [9.17, 15) is 14.4 Å². The first kappa shape index (κ1) is 19.7.